The van der Waals surface area contributed by atoms with E-state index in [1.165, 1.54) is 37.8 Å². The fourth-order valence-electron chi connectivity index (χ4n) is 4.09. The van der Waals surface area contributed by atoms with E-state index in [-0.39, 0.29) is 0 Å². The topological polar surface area (TPSA) is 32.7 Å². The van der Waals surface area contributed by atoms with Gasteiger partial charge >= 0.3 is 0 Å². The van der Waals surface area contributed by atoms with E-state index in [0.717, 1.165) is 23.8 Å². The average Bonchev–Trinajstić information content (AvgIpc) is 2.90. The first-order valence-corrected chi connectivity index (χ1v) is 7.84. The van der Waals surface area contributed by atoms with Crippen LogP contribution in [0.25, 0.3) is 0 Å². The van der Waals surface area contributed by atoms with Crippen molar-refractivity contribution in [3.8, 4) is 5.75 Å². The third-order valence-electron chi connectivity index (χ3n) is 5.00. The molecule has 1 heterocycles. The van der Waals surface area contributed by atoms with Crippen LogP contribution in [0.15, 0.2) is 18.2 Å². The zero-order valence-electron chi connectivity index (χ0n) is 12.5. The minimum atomic E-state index is -0.496. The summed E-state index contributed by atoms with van der Waals surface area (Å²) >= 11 is 0. The Hall–Kier alpha value is -1.22. The fourth-order valence-corrected chi connectivity index (χ4v) is 4.09. The molecule has 3 heteroatoms. The quantitative estimate of drug-likeness (QED) is 0.916. The number of fused-ring (bicyclic) bond motifs is 1. The average molecular weight is 275 g/mol. The molecule has 20 heavy (non-hydrogen) atoms. The van der Waals surface area contributed by atoms with Crippen LogP contribution in [0.3, 0.4) is 0 Å². The SMILES string of the molecule is COc1cccc(N2CCC3CCCCC32)c1[C@H](C)O. The summed E-state index contributed by atoms with van der Waals surface area (Å²) < 4.78 is 5.46. The van der Waals surface area contributed by atoms with Gasteiger partial charge in [-0.15, -0.1) is 0 Å². The molecule has 1 N–H and O–H groups in total. The van der Waals surface area contributed by atoms with E-state index in [2.05, 4.69) is 11.0 Å². The molecule has 1 aliphatic carbocycles. The van der Waals surface area contributed by atoms with Gasteiger partial charge in [0.15, 0.2) is 0 Å². The second-order valence-corrected chi connectivity index (χ2v) is 6.16. The van der Waals surface area contributed by atoms with Crippen LogP contribution >= 0.6 is 0 Å². The van der Waals surface area contributed by atoms with Crippen LogP contribution in [-0.2, 0) is 0 Å². The van der Waals surface area contributed by atoms with Gasteiger partial charge in [0.1, 0.15) is 5.75 Å². The van der Waals surface area contributed by atoms with Gasteiger partial charge in [-0.1, -0.05) is 18.9 Å². The molecule has 1 saturated heterocycles. The van der Waals surface area contributed by atoms with Crippen molar-refractivity contribution in [2.24, 2.45) is 5.92 Å². The highest BCUT2D eigenvalue weighted by Crippen LogP contribution is 2.43. The van der Waals surface area contributed by atoms with Crippen LogP contribution in [0.2, 0.25) is 0 Å². The molecule has 1 aromatic rings. The number of rotatable bonds is 3. The number of methoxy groups -OCH3 is 1. The molecule has 2 aliphatic rings. The van der Waals surface area contributed by atoms with Gasteiger partial charge in [-0.3, -0.25) is 0 Å². The number of nitrogens with zero attached hydrogens (tertiary/aromatic N) is 1. The van der Waals surface area contributed by atoms with Crippen molar-refractivity contribution in [3.05, 3.63) is 23.8 Å². The van der Waals surface area contributed by atoms with Gasteiger partial charge in [0.05, 0.1) is 13.2 Å². The van der Waals surface area contributed by atoms with E-state index >= 15 is 0 Å². The Morgan fingerprint density at radius 1 is 1.25 bits per heavy atom. The molecule has 3 atom stereocenters. The van der Waals surface area contributed by atoms with Crippen molar-refractivity contribution in [1.29, 1.82) is 0 Å². The Morgan fingerprint density at radius 2 is 2.05 bits per heavy atom. The Kier molecular flexibility index (Phi) is 3.88. The van der Waals surface area contributed by atoms with Crippen LogP contribution in [0, 0.1) is 5.92 Å². The van der Waals surface area contributed by atoms with Gasteiger partial charge in [0.2, 0.25) is 0 Å². The van der Waals surface area contributed by atoms with Crippen LogP contribution < -0.4 is 9.64 Å². The van der Waals surface area contributed by atoms with Crippen LogP contribution in [-0.4, -0.2) is 24.8 Å². The van der Waals surface area contributed by atoms with Crippen LogP contribution in [0.5, 0.6) is 5.75 Å². The molecule has 3 rings (SSSR count). The van der Waals surface area contributed by atoms with E-state index < -0.39 is 6.10 Å². The fraction of sp³-hybridized carbons (Fsp3) is 0.647. The Morgan fingerprint density at radius 3 is 2.80 bits per heavy atom. The molecule has 1 aromatic carbocycles. The molecule has 110 valence electrons. The lowest BCUT2D eigenvalue weighted by Gasteiger charge is -2.35. The van der Waals surface area contributed by atoms with Gasteiger partial charge in [-0.2, -0.15) is 0 Å². The van der Waals surface area contributed by atoms with Gasteiger partial charge in [-0.25, -0.2) is 0 Å². The number of aliphatic hydroxyl groups is 1. The number of benzene rings is 1. The smallest absolute Gasteiger partial charge is 0.126 e. The third kappa shape index (κ3) is 2.28. The summed E-state index contributed by atoms with van der Waals surface area (Å²) in [4.78, 5) is 2.52. The lowest BCUT2D eigenvalue weighted by Crippen LogP contribution is -2.35. The molecule has 1 aliphatic heterocycles. The number of hydrogen-bond acceptors (Lipinski definition) is 3. The number of ether oxygens (including phenoxy) is 1. The zero-order valence-corrected chi connectivity index (χ0v) is 12.5. The number of aliphatic hydroxyl groups excluding tert-OH is 1. The molecule has 0 amide bonds. The minimum absolute atomic E-state index is 0.496. The highest BCUT2D eigenvalue weighted by Gasteiger charge is 2.37. The van der Waals surface area contributed by atoms with Crippen LogP contribution in [0.1, 0.15) is 50.7 Å². The van der Waals surface area contributed by atoms with Crippen molar-refractivity contribution in [1.82, 2.24) is 0 Å². The summed E-state index contributed by atoms with van der Waals surface area (Å²) in [7, 11) is 1.68. The van der Waals surface area contributed by atoms with Gasteiger partial charge < -0.3 is 14.7 Å². The monoisotopic (exact) mass is 275 g/mol. The summed E-state index contributed by atoms with van der Waals surface area (Å²) in [5.74, 6) is 1.65. The highest BCUT2D eigenvalue weighted by molar-refractivity contribution is 5.61. The Bertz CT molecular complexity index is 472. The second-order valence-electron chi connectivity index (χ2n) is 6.16. The lowest BCUT2D eigenvalue weighted by molar-refractivity contribution is 0.194. The predicted octanol–water partition coefficient (Wildman–Crippen LogP) is 3.52. The Labute approximate surface area is 121 Å². The maximum Gasteiger partial charge on any atom is 0.126 e. The highest BCUT2D eigenvalue weighted by atomic mass is 16.5. The van der Waals surface area contributed by atoms with Gasteiger partial charge in [-0.05, 0) is 44.2 Å². The van der Waals surface area contributed by atoms with Gasteiger partial charge in [0, 0.05) is 23.8 Å². The molecule has 0 radical (unpaired) electrons. The molecule has 1 saturated carbocycles. The van der Waals surface area contributed by atoms with Gasteiger partial charge in [0.25, 0.3) is 0 Å². The van der Waals surface area contributed by atoms with Crippen molar-refractivity contribution >= 4 is 5.69 Å². The maximum atomic E-state index is 10.2. The molecule has 2 unspecified atom stereocenters. The first-order valence-electron chi connectivity index (χ1n) is 7.84. The molecule has 0 bridgehead atoms. The van der Waals surface area contributed by atoms with E-state index in [9.17, 15) is 5.11 Å². The normalized spacial score (nSPS) is 27.2. The Balaban J connectivity index is 1.97. The number of anilines is 1. The third-order valence-corrected chi connectivity index (χ3v) is 5.00. The summed E-state index contributed by atoms with van der Waals surface area (Å²) in [5.41, 5.74) is 2.12. The van der Waals surface area contributed by atoms with Crippen molar-refractivity contribution < 1.29 is 9.84 Å². The molecule has 3 nitrogen and oxygen atoms in total. The van der Waals surface area contributed by atoms with Crippen molar-refractivity contribution in [2.45, 2.75) is 51.2 Å². The second kappa shape index (κ2) is 5.65. The standard InChI is InChI=1S/C17H25NO2/c1-12(19)17-15(8-5-9-16(17)20-2)18-11-10-13-6-3-4-7-14(13)18/h5,8-9,12-14,19H,3-4,6-7,10-11H2,1-2H3/t12-,13?,14?/m0/s1. The largest absolute Gasteiger partial charge is 0.496 e. The summed E-state index contributed by atoms with van der Waals surface area (Å²) in [6.07, 6.45) is 6.18. The van der Waals surface area contributed by atoms with Crippen LogP contribution in [0.4, 0.5) is 5.69 Å². The first-order chi connectivity index (χ1) is 9.72. The summed E-state index contributed by atoms with van der Waals surface area (Å²) in [6.45, 7) is 2.94. The predicted molar refractivity (Wildman–Crippen MR) is 81.3 cm³/mol. The zero-order chi connectivity index (χ0) is 14.1. The minimum Gasteiger partial charge on any atom is -0.496 e. The number of hydrogen-bond donors (Lipinski definition) is 1. The first kappa shape index (κ1) is 13.7. The molecule has 2 fully saturated rings. The lowest BCUT2D eigenvalue weighted by atomic mass is 9.85. The molecular weight excluding hydrogens is 250 g/mol. The van der Waals surface area contributed by atoms with E-state index in [4.69, 9.17) is 4.74 Å². The molecular formula is C17H25NO2. The van der Waals surface area contributed by atoms with Crippen molar-refractivity contribution in [3.63, 3.8) is 0 Å². The summed E-state index contributed by atoms with van der Waals surface area (Å²) in [5, 5.41) is 10.2. The van der Waals surface area contributed by atoms with E-state index in [1.54, 1.807) is 7.11 Å². The summed E-state index contributed by atoms with van der Waals surface area (Å²) in [6, 6.07) is 6.78. The van der Waals surface area contributed by atoms with E-state index in [1.807, 2.05) is 19.1 Å². The molecule has 0 spiro atoms. The molecule has 0 aromatic heterocycles. The maximum absolute atomic E-state index is 10.2. The van der Waals surface area contributed by atoms with Crippen molar-refractivity contribution in [2.75, 3.05) is 18.6 Å². The van der Waals surface area contributed by atoms with E-state index in [0.29, 0.717) is 6.04 Å².